The lowest BCUT2D eigenvalue weighted by Gasteiger charge is -2.42. The first-order chi connectivity index (χ1) is 10.4. The Kier molecular flexibility index (Phi) is 5.84. The summed E-state index contributed by atoms with van der Waals surface area (Å²) in [5, 5.41) is 10.9. The van der Waals surface area contributed by atoms with Crippen LogP contribution < -0.4 is 0 Å². The van der Waals surface area contributed by atoms with E-state index in [4.69, 9.17) is 11.6 Å². The molecule has 0 aromatic heterocycles. The van der Waals surface area contributed by atoms with E-state index in [2.05, 4.69) is 25.8 Å². The second-order valence-corrected chi connectivity index (χ2v) is 6.87. The summed E-state index contributed by atoms with van der Waals surface area (Å²) >= 11 is 5.85. The molecule has 1 heterocycles. The van der Waals surface area contributed by atoms with E-state index < -0.39 is 6.10 Å². The predicted molar refractivity (Wildman–Crippen MR) is 88.9 cm³/mol. The zero-order valence-electron chi connectivity index (χ0n) is 13.5. The molecule has 4 nitrogen and oxygen atoms in total. The van der Waals surface area contributed by atoms with Gasteiger partial charge in [0.15, 0.2) is 0 Å². The van der Waals surface area contributed by atoms with Crippen molar-refractivity contribution in [3.63, 3.8) is 0 Å². The topological polar surface area (TPSA) is 43.8 Å². The Morgan fingerprint density at radius 2 is 1.95 bits per heavy atom. The normalized spacial score (nSPS) is 21.2. The molecule has 1 aromatic rings. The highest BCUT2D eigenvalue weighted by Crippen LogP contribution is 2.23. The molecule has 1 aliphatic rings. The highest BCUT2D eigenvalue weighted by atomic mass is 35.5. The van der Waals surface area contributed by atoms with Gasteiger partial charge in [0.05, 0.1) is 12.5 Å². The first kappa shape index (κ1) is 17.3. The Bertz CT molecular complexity index is 504. The molecule has 1 aliphatic heterocycles. The summed E-state index contributed by atoms with van der Waals surface area (Å²) in [6.45, 7) is 6.78. The molecule has 5 heteroatoms. The fourth-order valence-corrected chi connectivity index (χ4v) is 3.05. The highest BCUT2D eigenvalue weighted by molar-refractivity contribution is 6.30. The quantitative estimate of drug-likeness (QED) is 0.925. The smallest absolute Gasteiger partial charge is 0.225 e. The van der Waals surface area contributed by atoms with Crippen molar-refractivity contribution >= 4 is 17.5 Å². The van der Waals surface area contributed by atoms with Crippen LogP contribution in [-0.4, -0.2) is 53.5 Å². The third kappa shape index (κ3) is 4.22. The lowest BCUT2D eigenvalue weighted by Crippen LogP contribution is -2.56. The summed E-state index contributed by atoms with van der Waals surface area (Å²) in [4.78, 5) is 16.8. The Morgan fingerprint density at radius 1 is 1.32 bits per heavy atom. The van der Waals surface area contributed by atoms with Crippen molar-refractivity contribution in [3.05, 3.63) is 34.9 Å². The number of aliphatic hydroxyl groups excluding tert-OH is 1. The van der Waals surface area contributed by atoms with E-state index in [-0.39, 0.29) is 18.4 Å². The molecule has 0 saturated carbocycles. The van der Waals surface area contributed by atoms with Gasteiger partial charge in [-0.1, -0.05) is 37.6 Å². The average molecular weight is 325 g/mol. The van der Waals surface area contributed by atoms with E-state index in [0.29, 0.717) is 10.9 Å². The molecule has 1 aromatic carbocycles. The van der Waals surface area contributed by atoms with Crippen LogP contribution in [0.3, 0.4) is 0 Å². The van der Waals surface area contributed by atoms with E-state index in [0.717, 1.165) is 25.2 Å². The van der Waals surface area contributed by atoms with Crippen LogP contribution in [0.5, 0.6) is 0 Å². The minimum atomic E-state index is -0.780. The minimum Gasteiger partial charge on any atom is -0.388 e. The van der Waals surface area contributed by atoms with Gasteiger partial charge in [0.2, 0.25) is 5.91 Å². The second kappa shape index (κ2) is 7.44. The third-order valence-electron chi connectivity index (χ3n) is 4.33. The number of piperazine rings is 1. The molecule has 1 fully saturated rings. The number of halogens is 1. The fourth-order valence-electron chi connectivity index (χ4n) is 2.92. The molecule has 22 heavy (non-hydrogen) atoms. The van der Waals surface area contributed by atoms with Gasteiger partial charge in [0, 0.05) is 30.7 Å². The molecule has 0 aliphatic carbocycles. The fraction of sp³-hybridized carbons (Fsp3) is 0.588. The maximum atomic E-state index is 12.6. The van der Waals surface area contributed by atoms with Crippen LogP contribution in [0, 0.1) is 5.92 Å². The maximum absolute atomic E-state index is 12.6. The number of benzene rings is 1. The van der Waals surface area contributed by atoms with Crippen molar-refractivity contribution in [1.29, 1.82) is 0 Å². The van der Waals surface area contributed by atoms with Gasteiger partial charge in [0.25, 0.3) is 0 Å². The van der Waals surface area contributed by atoms with E-state index in [1.54, 1.807) is 24.3 Å². The number of amides is 1. The van der Waals surface area contributed by atoms with Crippen molar-refractivity contribution < 1.29 is 9.90 Å². The van der Waals surface area contributed by atoms with Gasteiger partial charge in [-0.25, -0.2) is 0 Å². The molecule has 2 unspecified atom stereocenters. The van der Waals surface area contributed by atoms with Crippen LogP contribution in [0.1, 0.15) is 31.9 Å². The lowest BCUT2D eigenvalue weighted by atomic mass is 9.98. The molecule has 0 spiro atoms. The first-order valence-corrected chi connectivity index (χ1v) is 8.18. The monoisotopic (exact) mass is 324 g/mol. The number of rotatable bonds is 4. The molecular formula is C17H25ClN2O2. The van der Waals surface area contributed by atoms with Crippen molar-refractivity contribution in [3.8, 4) is 0 Å². The number of hydrogen-bond donors (Lipinski definition) is 1. The number of aliphatic hydroxyl groups is 1. The number of carbonyl (C=O) groups is 1. The molecule has 1 amide bonds. The first-order valence-electron chi connectivity index (χ1n) is 7.80. The van der Waals surface area contributed by atoms with Gasteiger partial charge in [-0.05, 0) is 30.7 Å². The molecule has 0 radical (unpaired) electrons. The number of carbonyl (C=O) groups excluding carboxylic acids is 1. The van der Waals surface area contributed by atoms with Crippen LogP contribution in [0.25, 0.3) is 0 Å². The van der Waals surface area contributed by atoms with Crippen LogP contribution in [0.2, 0.25) is 5.02 Å². The summed E-state index contributed by atoms with van der Waals surface area (Å²) in [6.07, 6.45) is -0.661. The largest absolute Gasteiger partial charge is 0.388 e. The summed E-state index contributed by atoms with van der Waals surface area (Å²) in [5.74, 6) is 0.425. The van der Waals surface area contributed by atoms with Crippen molar-refractivity contribution in [1.82, 2.24) is 9.80 Å². The summed E-state index contributed by atoms with van der Waals surface area (Å²) in [5.41, 5.74) is 0.730. The van der Waals surface area contributed by atoms with Crippen molar-refractivity contribution in [2.75, 3.05) is 26.7 Å². The van der Waals surface area contributed by atoms with Gasteiger partial charge in [-0.15, -0.1) is 0 Å². The van der Waals surface area contributed by atoms with Crippen molar-refractivity contribution in [2.45, 2.75) is 32.4 Å². The molecule has 1 N–H and O–H groups in total. The van der Waals surface area contributed by atoms with Crippen molar-refractivity contribution in [2.24, 2.45) is 5.92 Å². The number of nitrogens with zero attached hydrogens (tertiary/aromatic N) is 2. The number of likely N-dealkylation sites (N-methyl/N-ethyl adjacent to an activating group) is 1. The Hall–Kier alpha value is -1.10. The average Bonchev–Trinajstić information content (AvgIpc) is 2.47. The SMILES string of the molecule is CC(C)C1CN(C)CCN1C(=O)CC(O)c1ccc(Cl)cc1. The van der Waals surface area contributed by atoms with Crippen LogP contribution in [-0.2, 0) is 4.79 Å². The summed E-state index contributed by atoms with van der Waals surface area (Å²) < 4.78 is 0. The lowest BCUT2D eigenvalue weighted by molar-refractivity contribution is -0.139. The van der Waals surface area contributed by atoms with E-state index in [1.807, 2.05) is 4.90 Å². The van der Waals surface area contributed by atoms with Gasteiger partial charge >= 0.3 is 0 Å². The summed E-state index contributed by atoms with van der Waals surface area (Å²) in [7, 11) is 2.08. The zero-order chi connectivity index (χ0) is 16.3. The van der Waals surface area contributed by atoms with Gasteiger partial charge < -0.3 is 14.9 Å². The standard InChI is InChI=1S/C17H25ClN2O2/c1-12(2)15-11-19(3)8-9-20(15)17(22)10-16(21)13-4-6-14(18)7-5-13/h4-7,12,15-16,21H,8-11H2,1-3H3. The highest BCUT2D eigenvalue weighted by Gasteiger charge is 2.31. The van der Waals surface area contributed by atoms with Crippen LogP contribution >= 0.6 is 11.6 Å². The van der Waals surface area contributed by atoms with Gasteiger partial charge in [0.1, 0.15) is 0 Å². The van der Waals surface area contributed by atoms with E-state index in [9.17, 15) is 9.90 Å². The summed E-state index contributed by atoms with van der Waals surface area (Å²) in [6, 6.07) is 7.21. The molecule has 1 saturated heterocycles. The van der Waals surface area contributed by atoms with E-state index >= 15 is 0 Å². The van der Waals surface area contributed by atoms with Gasteiger partial charge in [-0.3, -0.25) is 4.79 Å². The molecule has 122 valence electrons. The predicted octanol–water partition coefficient (Wildman–Crippen LogP) is 2.56. The van der Waals surface area contributed by atoms with Gasteiger partial charge in [-0.2, -0.15) is 0 Å². The minimum absolute atomic E-state index is 0.0225. The maximum Gasteiger partial charge on any atom is 0.225 e. The third-order valence-corrected chi connectivity index (χ3v) is 4.59. The Labute approximate surface area is 137 Å². The zero-order valence-corrected chi connectivity index (χ0v) is 14.3. The molecule has 2 atom stereocenters. The second-order valence-electron chi connectivity index (χ2n) is 6.43. The number of hydrogen-bond acceptors (Lipinski definition) is 3. The Balaban J connectivity index is 2.02. The molecule has 0 bridgehead atoms. The molecular weight excluding hydrogens is 300 g/mol. The molecule has 2 rings (SSSR count). The van der Waals surface area contributed by atoms with Crippen LogP contribution in [0.4, 0.5) is 0 Å². The Morgan fingerprint density at radius 3 is 2.55 bits per heavy atom. The van der Waals surface area contributed by atoms with E-state index in [1.165, 1.54) is 0 Å². The van der Waals surface area contributed by atoms with Crippen LogP contribution in [0.15, 0.2) is 24.3 Å².